The Balaban J connectivity index is 2.74. The van der Waals surface area contributed by atoms with Crippen LogP contribution in [-0.4, -0.2) is 47.7 Å². The van der Waals surface area contributed by atoms with Crippen LogP contribution in [0, 0.1) is 0 Å². The van der Waals surface area contributed by atoms with Crippen molar-refractivity contribution >= 4 is 25.7 Å². The first-order valence-electron chi connectivity index (χ1n) is 6.38. The Morgan fingerprint density at radius 3 is 2.38 bits per heavy atom. The molecule has 10 heteroatoms. The maximum atomic E-state index is 12.2. The van der Waals surface area contributed by atoms with E-state index in [-0.39, 0.29) is 18.0 Å². The maximum Gasteiger partial charge on any atom is 0.244 e. The van der Waals surface area contributed by atoms with Crippen LogP contribution < -0.4 is 14.8 Å². The highest BCUT2D eigenvalue weighted by molar-refractivity contribution is 7.89. The number of nitrogens with zero attached hydrogens (tertiary/aromatic N) is 1. The van der Waals surface area contributed by atoms with E-state index in [1.807, 2.05) is 6.92 Å². The molecule has 0 bridgehead atoms. The van der Waals surface area contributed by atoms with E-state index in [1.54, 1.807) is 6.07 Å². The van der Waals surface area contributed by atoms with Gasteiger partial charge in [-0.25, -0.2) is 26.3 Å². The molecule has 1 aromatic rings. The molecule has 0 radical (unpaired) electrons. The zero-order valence-electron chi connectivity index (χ0n) is 12.0. The Hall–Kier alpha value is -1.23. The van der Waals surface area contributed by atoms with Gasteiger partial charge in [0.2, 0.25) is 20.0 Å². The topological polar surface area (TPSA) is 117 Å². The van der Waals surface area contributed by atoms with E-state index < -0.39 is 20.0 Å². The van der Waals surface area contributed by atoms with E-state index in [0.29, 0.717) is 12.2 Å². The van der Waals surface area contributed by atoms with Gasteiger partial charge in [-0.15, -0.1) is 0 Å². The van der Waals surface area contributed by atoms with Crippen LogP contribution in [0.2, 0.25) is 0 Å². The molecule has 0 aromatic carbocycles. The molecule has 0 aliphatic rings. The summed E-state index contributed by atoms with van der Waals surface area (Å²) < 4.78 is 50.7. The molecule has 3 N–H and O–H groups in total. The van der Waals surface area contributed by atoms with Gasteiger partial charge < -0.3 is 5.32 Å². The number of hydrogen-bond acceptors (Lipinski definition) is 6. The summed E-state index contributed by atoms with van der Waals surface area (Å²) in [5, 5.41) is 3.01. The molecule has 21 heavy (non-hydrogen) atoms. The molecule has 0 fully saturated rings. The standard InChI is InChI=1S/C11H20N4O4S2/c1-3-5-13-10-4-6-12-9-11(10)21(18,19)15-8-7-14-20(2,16)17/h4,6,9,14-15H,3,5,7-8H2,1-2H3,(H,12,13). The zero-order valence-corrected chi connectivity index (χ0v) is 13.6. The van der Waals surface area contributed by atoms with Gasteiger partial charge in [-0.3, -0.25) is 4.98 Å². The highest BCUT2D eigenvalue weighted by atomic mass is 32.2. The van der Waals surface area contributed by atoms with Gasteiger partial charge in [-0.05, 0) is 12.5 Å². The molecule has 0 spiro atoms. The van der Waals surface area contributed by atoms with Crippen LogP contribution >= 0.6 is 0 Å². The minimum Gasteiger partial charge on any atom is -0.384 e. The van der Waals surface area contributed by atoms with Crippen LogP contribution in [0.4, 0.5) is 5.69 Å². The van der Waals surface area contributed by atoms with Crippen molar-refractivity contribution in [1.82, 2.24) is 14.4 Å². The monoisotopic (exact) mass is 336 g/mol. The molecule has 0 atom stereocenters. The molecule has 0 unspecified atom stereocenters. The number of aromatic nitrogens is 1. The third-order valence-corrected chi connectivity index (χ3v) is 4.64. The average molecular weight is 336 g/mol. The van der Waals surface area contributed by atoms with E-state index in [1.165, 1.54) is 12.4 Å². The van der Waals surface area contributed by atoms with E-state index in [9.17, 15) is 16.8 Å². The van der Waals surface area contributed by atoms with Crippen molar-refractivity contribution in [2.75, 3.05) is 31.2 Å². The number of nitrogens with one attached hydrogen (secondary N) is 3. The van der Waals surface area contributed by atoms with Crippen molar-refractivity contribution in [1.29, 1.82) is 0 Å². The van der Waals surface area contributed by atoms with Gasteiger partial charge in [0.05, 0.1) is 11.9 Å². The Bertz CT molecular complexity index is 659. The molecule has 120 valence electrons. The number of pyridine rings is 1. The fourth-order valence-electron chi connectivity index (χ4n) is 1.50. The second kappa shape index (κ2) is 7.69. The predicted octanol–water partition coefficient (Wildman–Crippen LogP) is -0.269. The second-order valence-electron chi connectivity index (χ2n) is 4.36. The lowest BCUT2D eigenvalue weighted by atomic mass is 10.4. The largest absolute Gasteiger partial charge is 0.384 e. The maximum absolute atomic E-state index is 12.2. The van der Waals surface area contributed by atoms with Crippen molar-refractivity contribution in [3.05, 3.63) is 18.5 Å². The second-order valence-corrected chi connectivity index (χ2v) is 7.93. The third-order valence-electron chi connectivity index (χ3n) is 2.42. The van der Waals surface area contributed by atoms with Crippen LogP contribution in [0.15, 0.2) is 23.4 Å². The van der Waals surface area contributed by atoms with Crippen LogP contribution in [0.25, 0.3) is 0 Å². The highest BCUT2D eigenvalue weighted by Gasteiger charge is 2.18. The zero-order chi connectivity index (χ0) is 15.9. The first-order valence-corrected chi connectivity index (χ1v) is 9.76. The van der Waals surface area contributed by atoms with Crippen molar-refractivity contribution in [3.63, 3.8) is 0 Å². The van der Waals surface area contributed by atoms with Gasteiger partial charge in [0.25, 0.3) is 0 Å². The van der Waals surface area contributed by atoms with Crippen molar-refractivity contribution in [3.8, 4) is 0 Å². The minimum atomic E-state index is -3.75. The first-order chi connectivity index (χ1) is 9.76. The van der Waals surface area contributed by atoms with Crippen LogP contribution in [0.3, 0.4) is 0 Å². The smallest absolute Gasteiger partial charge is 0.244 e. The number of anilines is 1. The van der Waals surface area contributed by atoms with Crippen molar-refractivity contribution < 1.29 is 16.8 Å². The van der Waals surface area contributed by atoms with Crippen LogP contribution in [-0.2, 0) is 20.0 Å². The summed E-state index contributed by atoms with van der Waals surface area (Å²) in [6.45, 7) is 2.55. The molecule has 1 aromatic heterocycles. The number of hydrogen-bond donors (Lipinski definition) is 3. The summed E-state index contributed by atoms with van der Waals surface area (Å²) >= 11 is 0. The summed E-state index contributed by atoms with van der Waals surface area (Å²) in [7, 11) is -7.09. The Kier molecular flexibility index (Phi) is 6.52. The van der Waals surface area contributed by atoms with E-state index in [0.717, 1.165) is 12.7 Å². The Labute approximate surface area is 125 Å². The molecule has 1 heterocycles. The summed E-state index contributed by atoms with van der Waals surface area (Å²) in [6.07, 6.45) is 4.62. The molecular weight excluding hydrogens is 316 g/mol. The van der Waals surface area contributed by atoms with E-state index in [4.69, 9.17) is 0 Å². The van der Waals surface area contributed by atoms with Crippen molar-refractivity contribution in [2.24, 2.45) is 0 Å². The van der Waals surface area contributed by atoms with Crippen LogP contribution in [0.1, 0.15) is 13.3 Å². The fourth-order valence-corrected chi connectivity index (χ4v) is 3.13. The third kappa shape index (κ3) is 6.38. The lowest BCUT2D eigenvalue weighted by Gasteiger charge is -2.12. The predicted molar refractivity (Wildman–Crippen MR) is 81.1 cm³/mol. The van der Waals surface area contributed by atoms with E-state index >= 15 is 0 Å². The van der Waals surface area contributed by atoms with Gasteiger partial charge in [0.15, 0.2) is 0 Å². The fraction of sp³-hybridized carbons (Fsp3) is 0.545. The Morgan fingerprint density at radius 1 is 1.10 bits per heavy atom. The van der Waals surface area contributed by atoms with Gasteiger partial charge >= 0.3 is 0 Å². The molecule has 8 nitrogen and oxygen atoms in total. The molecule has 0 saturated heterocycles. The number of sulfonamides is 2. The summed E-state index contributed by atoms with van der Waals surface area (Å²) in [4.78, 5) is 3.86. The van der Waals surface area contributed by atoms with Gasteiger partial charge in [0, 0.05) is 32.0 Å². The van der Waals surface area contributed by atoms with E-state index in [2.05, 4.69) is 19.7 Å². The lowest BCUT2D eigenvalue weighted by Crippen LogP contribution is -2.34. The summed E-state index contributed by atoms with van der Waals surface area (Å²) in [5.41, 5.74) is 0.468. The molecule has 0 aliphatic heterocycles. The molecule has 0 aliphatic carbocycles. The Morgan fingerprint density at radius 2 is 1.76 bits per heavy atom. The van der Waals surface area contributed by atoms with Crippen LogP contribution in [0.5, 0.6) is 0 Å². The normalized spacial score (nSPS) is 12.3. The minimum absolute atomic E-state index is 0.0178. The molecular formula is C11H20N4O4S2. The van der Waals surface area contributed by atoms with Crippen molar-refractivity contribution in [2.45, 2.75) is 18.2 Å². The SMILES string of the molecule is CCCNc1ccncc1S(=O)(=O)NCCNS(C)(=O)=O. The quantitative estimate of drug-likeness (QED) is 0.535. The summed E-state index contributed by atoms with van der Waals surface area (Å²) in [5.74, 6) is 0. The molecule has 1 rings (SSSR count). The molecule has 0 saturated carbocycles. The summed E-state index contributed by atoms with van der Waals surface area (Å²) in [6, 6.07) is 1.58. The molecule has 0 amide bonds. The van der Waals surface area contributed by atoms with Gasteiger partial charge in [-0.1, -0.05) is 6.92 Å². The van der Waals surface area contributed by atoms with Gasteiger partial charge in [-0.2, -0.15) is 0 Å². The number of rotatable bonds is 9. The van der Waals surface area contributed by atoms with Gasteiger partial charge in [0.1, 0.15) is 4.90 Å². The first kappa shape index (κ1) is 17.8. The lowest BCUT2D eigenvalue weighted by molar-refractivity contribution is 0.573. The average Bonchev–Trinajstić information content (AvgIpc) is 2.41. The highest BCUT2D eigenvalue weighted by Crippen LogP contribution is 2.18.